The van der Waals surface area contributed by atoms with Gasteiger partial charge in [-0.2, -0.15) is 5.26 Å². The van der Waals surface area contributed by atoms with Crippen molar-refractivity contribution in [3.05, 3.63) is 35.1 Å². The average Bonchev–Trinajstić information content (AvgIpc) is 2.44. The molecule has 0 heterocycles. The van der Waals surface area contributed by atoms with Crippen LogP contribution in [0, 0.1) is 29.0 Å². The first-order valence-electron chi connectivity index (χ1n) is 7.58. The molecule has 2 atom stereocenters. The quantitative estimate of drug-likeness (QED) is 0.824. The van der Waals surface area contributed by atoms with Gasteiger partial charge in [0, 0.05) is 6.54 Å². The Labute approximate surface area is 121 Å². The van der Waals surface area contributed by atoms with Crippen LogP contribution in [0.15, 0.2) is 18.2 Å². The first-order valence-corrected chi connectivity index (χ1v) is 7.58. The molecule has 2 unspecified atom stereocenters. The van der Waals surface area contributed by atoms with Crippen molar-refractivity contribution < 1.29 is 4.39 Å². The molecule has 1 saturated carbocycles. The molecule has 2 rings (SSSR count). The highest BCUT2D eigenvalue weighted by Crippen LogP contribution is 2.30. The molecular weight excluding hydrogens is 251 g/mol. The Bertz CT molecular complexity index is 478. The molecule has 0 aliphatic heterocycles. The average molecular weight is 274 g/mol. The third-order valence-electron chi connectivity index (χ3n) is 4.28. The summed E-state index contributed by atoms with van der Waals surface area (Å²) in [6, 6.07) is 6.45. The van der Waals surface area contributed by atoms with E-state index in [1.165, 1.54) is 44.2 Å². The van der Waals surface area contributed by atoms with Crippen molar-refractivity contribution in [2.75, 3.05) is 6.54 Å². The van der Waals surface area contributed by atoms with Gasteiger partial charge >= 0.3 is 0 Å². The summed E-state index contributed by atoms with van der Waals surface area (Å²) in [4.78, 5) is 0. The summed E-state index contributed by atoms with van der Waals surface area (Å²) in [5.74, 6) is 1.42. The molecule has 3 heteroatoms. The zero-order valence-electron chi connectivity index (χ0n) is 12.2. The number of hydrogen-bond acceptors (Lipinski definition) is 2. The van der Waals surface area contributed by atoms with Crippen molar-refractivity contribution in [2.45, 2.75) is 45.6 Å². The summed E-state index contributed by atoms with van der Waals surface area (Å²) < 4.78 is 13.2. The van der Waals surface area contributed by atoms with Crippen LogP contribution in [0.25, 0.3) is 0 Å². The first-order chi connectivity index (χ1) is 9.69. The lowest BCUT2D eigenvalue weighted by Gasteiger charge is -2.26. The van der Waals surface area contributed by atoms with Gasteiger partial charge < -0.3 is 5.32 Å². The molecule has 2 nitrogen and oxygen atoms in total. The van der Waals surface area contributed by atoms with E-state index in [2.05, 4.69) is 18.3 Å². The lowest BCUT2D eigenvalue weighted by atomic mass is 9.81. The molecule has 20 heavy (non-hydrogen) atoms. The van der Waals surface area contributed by atoms with E-state index in [9.17, 15) is 4.39 Å². The normalized spacial score (nSPS) is 22.4. The van der Waals surface area contributed by atoms with Gasteiger partial charge in [0.25, 0.3) is 0 Å². The number of nitriles is 1. The van der Waals surface area contributed by atoms with Crippen LogP contribution in [0.2, 0.25) is 0 Å². The molecule has 1 aliphatic rings. The Hall–Kier alpha value is -1.40. The van der Waals surface area contributed by atoms with E-state index in [4.69, 9.17) is 5.26 Å². The molecule has 0 amide bonds. The summed E-state index contributed by atoms with van der Waals surface area (Å²) >= 11 is 0. The van der Waals surface area contributed by atoms with Crippen molar-refractivity contribution in [1.82, 2.24) is 5.32 Å². The lowest BCUT2D eigenvalue weighted by molar-refractivity contribution is 0.267. The predicted molar refractivity (Wildman–Crippen MR) is 78.6 cm³/mol. The molecule has 1 aromatic rings. The third-order valence-corrected chi connectivity index (χ3v) is 4.28. The molecule has 0 radical (unpaired) electrons. The van der Waals surface area contributed by atoms with Crippen molar-refractivity contribution >= 4 is 0 Å². The number of nitrogens with one attached hydrogen (secondary N) is 1. The highest BCUT2D eigenvalue weighted by atomic mass is 19.1. The smallest absolute Gasteiger partial charge is 0.123 e. The fraction of sp³-hybridized carbons (Fsp3) is 0.588. The van der Waals surface area contributed by atoms with E-state index >= 15 is 0 Å². The Morgan fingerprint density at radius 1 is 1.40 bits per heavy atom. The monoisotopic (exact) mass is 274 g/mol. The van der Waals surface area contributed by atoms with E-state index in [0.29, 0.717) is 12.1 Å². The zero-order valence-corrected chi connectivity index (χ0v) is 12.2. The van der Waals surface area contributed by atoms with Crippen molar-refractivity contribution in [1.29, 1.82) is 5.26 Å². The molecule has 108 valence electrons. The summed E-state index contributed by atoms with van der Waals surface area (Å²) in [5.41, 5.74) is 1.31. The molecule has 1 N–H and O–H groups in total. The van der Waals surface area contributed by atoms with Gasteiger partial charge in [0.2, 0.25) is 0 Å². The second-order valence-electron chi connectivity index (χ2n) is 6.02. The van der Waals surface area contributed by atoms with Crippen LogP contribution in [-0.2, 0) is 6.54 Å². The molecule has 0 aromatic heterocycles. The van der Waals surface area contributed by atoms with E-state index < -0.39 is 0 Å². The number of rotatable bonds is 5. The molecule has 0 spiro atoms. The molecule has 1 aliphatic carbocycles. The van der Waals surface area contributed by atoms with Gasteiger partial charge in [-0.05, 0) is 55.0 Å². The van der Waals surface area contributed by atoms with Crippen LogP contribution in [0.1, 0.15) is 50.2 Å². The maximum atomic E-state index is 13.2. The Morgan fingerprint density at radius 2 is 2.25 bits per heavy atom. The number of halogens is 1. The largest absolute Gasteiger partial charge is 0.313 e. The van der Waals surface area contributed by atoms with Crippen LogP contribution in [0.4, 0.5) is 4.39 Å². The van der Waals surface area contributed by atoms with Crippen LogP contribution >= 0.6 is 0 Å². The van der Waals surface area contributed by atoms with Crippen LogP contribution < -0.4 is 5.32 Å². The second-order valence-corrected chi connectivity index (χ2v) is 6.02. The fourth-order valence-electron chi connectivity index (χ4n) is 3.17. The lowest BCUT2D eigenvalue weighted by Crippen LogP contribution is -2.21. The molecule has 1 aromatic carbocycles. The van der Waals surface area contributed by atoms with Crippen LogP contribution in [-0.4, -0.2) is 6.54 Å². The molecule has 0 saturated heterocycles. The van der Waals surface area contributed by atoms with Gasteiger partial charge in [-0.1, -0.05) is 26.2 Å². The maximum absolute atomic E-state index is 13.2. The highest BCUT2D eigenvalue weighted by Gasteiger charge is 2.18. The van der Waals surface area contributed by atoms with E-state index in [-0.39, 0.29) is 5.82 Å². The van der Waals surface area contributed by atoms with Gasteiger partial charge in [0.15, 0.2) is 0 Å². The predicted octanol–water partition coefficient (Wildman–Crippen LogP) is 4.00. The van der Waals surface area contributed by atoms with Gasteiger partial charge in [0.1, 0.15) is 5.82 Å². The summed E-state index contributed by atoms with van der Waals surface area (Å²) in [6.07, 6.45) is 6.59. The van der Waals surface area contributed by atoms with Crippen LogP contribution in [0.5, 0.6) is 0 Å². The molecule has 1 fully saturated rings. The van der Waals surface area contributed by atoms with Crippen molar-refractivity contribution in [3.63, 3.8) is 0 Å². The van der Waals surface area contributed by atoms with E-state index in [1.807, 2.05) is 0 Å². The third kappa shape index (κ3) is 4.31. The topological polar surface area (TPSA) is 35.8 Å². The SMILES string of the molecule is CC1CCCC(CCNCc2cc(F)ccc2C#N)C1. The van der Waals surface area contributed by atoms with Gasteiger partial charge in [-0.3, -0.25) is 0 Å². The summed E-state index contributed by atoms with van der Waals surface area (Å²) in [5, 5.41) is 12.3. The van der Waals surface area contributed by atoms with E-state index in [0.717, 1.165) is 23.9 Å². The second kappa shape index (κ2) is 7.40. The Balaban J connectivity index is 1.76. The minimum Gasteiger partial charge on any atom is -0.313 e. The van der Waals surface area contributed by atoms with Gasteiger partial charge in [-0.15, -0.1) is 0 Å². The number of benzene rings is 1. The molecule has 0 bridgehead atoms. The zero-order chi connectivity index (χ0) is 14.4. The minimum absolute atomic E-state index is 0.276. The van der Waals surface area contributed by atoms with Gasteiger partial charge in [-0.25, -0.2) is 4.39 Å². The van der Waals surface area contributed by atoms with Crippen molar-refractivity contribution in [3.8, 4) is 6.07 Å². The van der Waals surface area contributed by atoms with Gasteiger partial charge in [0.05, 0.1) is 11.6 Å². The minimum atomic E-state index is -0.276. The summed E-state index contributed by atoms with van der Waals surface area (Å²) in [6.45, 7) is 3.85. The van der Waals surface area contributed by atoms with Crippen molar-refractivity contribution in [2.24, 2.45) is 11.8 Å². The highest BCUT2D eigenvalue weighted by molar-refractivity contribution is 5.37. The molecular formula is C17H23FN2. The number of hydrogen-bond donors (Lipinski definition) is 1. The summed E-state index contributed by atoms with van der Waals surface area (Å²) in [7, 11) is 0. The Kier molecular flexibility index (Phi) is 5.55. The standard InChI is InChI=1S/C17H23FN2/c1-13-3-2-4-14(9-13)7-8-20-12-16-10-17(18)6-5-15(16)11-19/h5-6,10,13-14,20H,2-4,7-9,12H2,1H3. The van der Waals surface area contributed by atoms with E-state index in [1.54, 1.807) is 6.07 Å². The first kappa shape index (κ1) is 15.0. The maximum Gasteiger partial charge on any atom is 0.123 e. The van der Waals surface area contributed by atoms with Crippen LogP contribution in [0.3, 0.4) is 0 Å². The fourth-order valence-corrected chi connectivity index (χ4v) is 3.17. The Morgan fingerprint density at radius 3 is 3.00 bits per heavy atom. The number of nitrogens with zero attached hydrogens (tertiary/aromatic N) is 1.